The summed E-state index contributed by atoms with van der Waals surface area (Å²) in [4.78, 5) is 4.71. The molecule has 0 spiro atoms. The Balaban J connectivity index is 1.42. The van der Waals surface area contributed by atoms with Crippen LogP contribution in [0.4, 0.5) is 0 Å². The number of aromatic nitrogens is 4. The Labute approximate surface area is 193 Å². The van der Waals surface area contributed by atoms with E-state index in [0.717, 1.165) is 27.2 Å². The van der Waals surface area contributed by atoms with Gasteiger partial charge in [0.25, 0.3) is 0 Å². The van der Waals surface area contributed by atoms with Gasteiger partial charge < -0.3 is 9.30 Å². The number of hydrogen-bond acceptors (Lipinski definition) is 6. The third-order valence-electron chi connectivity index (χ3n) is 4.35. The molecule has 5 nitrogen and oxygen atoms in total. The Kier molecular flexibility index (Phi) is 6.63. The molecule has 9 heteroatoms. The highest BCUT2D eigenvalue weighted by Gasteiger charge is 2.18. The van der Waals surface area contributed by atoms with E-state index in [1.165, 1.54) is 0 Å². The zero-order valence-electron chi connectivity index (χ0n) is 16.3. The summed E-state index contributed by atoms with van der Waals surface area (Å²) >= 11 is 15.5. The van der Waals surface area contributed by atoms with Crippen LogP contribution in [0, 0.1) is 0 Å². The van der Waals surface area contributed by atoms with E-state index in [-0.39, 0.29) is 6.10 Å². The van der Waals surface area contributed by atoms with Crippen molar-refractivity contribution in [2.45, 2.75) is 23.9 Å². The van der Waals surface area contributed by atoms with Gasteiger partial charge in [-0.05, 0) is 31.2 Å². The minimum absolute atomic E-state index is 0.263. The number of ether oxygens (including phenoxy) is 1. The number of thiazole rings is 1. The van der Waals surface area contributed by atoms with Gasteiger partial charge in [-0.25, -0.2) is 4.98 Å². The first-order valence-electron chi connectivity index (χ1n) is 9.15. The van der Waals surface area contributed by atoms with Gasteiger partial charge in [0.2, 0.25) is 0 Å². The summed E-state index contributed by atoms with van der Waals surface area (Å²) < 4.78 is 7.91. The van der Waals surface area contributed by atoms with Crippen LogP contribution in [0.3, 0.4) is 0 Å². The fourth-order valence-electron chi connectivity index (χ4n) is 2.87. The fourth-order valence-corrected chi connectivity index (χ4v) is 5.11. The molecule has 0 amide bonds. The second-order valence-electron chi connectivity index (χ2n) is 6.53. The number of benzene rings is 2. The summed E-state index contributed by atoms with van der Waals surface area (Å²) in [6.07, 6.45) is -0.263. The van der Waals surface area contributed by atoms with Gasteiger partial charge in [0.05, 0.1) is 10.7 Å². The molecule has 0 bridgehead atoms. The van der Waals surface area contributed by atoms with Crippen molar-refractivity contribution in [1.29, 1.82) is 0 Å². The minimum atomic E-state index is -0.263. The predicted molar refractivity (Wildman–Crippen MR) is 124 cm³/mol. The van der Waals surface area contributed by atoms with Crippen molar-refractivity contribution >= 4 is 46.3 Å². The smallest absolute Gasteiger partial charge is 0.191 e. The molecule has 4 rings (SSSR count). The highest BCUT2D eigenvalue weighted by Crippen LogP contribution is 2.32. The standard InChI is InChI=1S/C21H18Cl2N4OS2/c1-13(28-16-7-5-6-14(22)10-16)19-25-26-21(27(19)2)30-12-15-11-29-20(24-15)17-8-3-4-9-18(17)23/h3-11,13H,12H2,1-2H3. The van der Waals surface area contributed by atoms with Gasteiger partial charge in [-0.3, -0.25) is 0 Å². The van der Waals surface area contributed by atoms with Crippen molar-refractivity contribution in [3.05, 3.63) is 75.5 Å². The Hall–Kier alpha value is -2.06. The average Bonchev–Trinajstić information content (AvgIpc) is 3.33. The van der Waals surface area contributed by atoms with Crippen molar-refractivity contribution in [3.8, 4) is 16.3 Å². The van der Waals surface area contributed by atoms with Gasteiger partial charge in [0.1, 0.15) is 10.8 Å². The number of rotatable bonds is 7. The minimum Gasteiger partial charge on any atom is -0.483 e. The van der Waals surface area contributed by atoms with E-state index in [1.807, 2.05) is 66.4 Å². The van der Waals surface area contributed by atoms with Crippen LogP contribution in [0.5, 0.6) is 5.75 Å². The number of thioether (sulfide) groups is 1. The maximum atomic E-state index is 6.28. The summed E-state index contributed by atoms with van der Waals surface area (Å²) in [5, 5.41) is 13.7. The quantitative estimate of drug-likeness (QED) is 0.278. The van der Waals surface area contributed by atoms with Crippen molar-refractivity contribution < 1.29 is 4.74 Å². The first kappa shape index (κ1) is 21.2. The first-order valence-corrected chi connectivity index (χ1v) is 11.8. The van der Waals surface area contributed by atoms with Crippen LogP contribution in [0.15, 0.2) is 59.1 Å². The van der Waals surface area contributed by atoms with E-state index in [2.05, 4.69) is 10.2 Å². The van der Waals surface area contributed by atoms with Crippen LogP contribution >= 0.6 is 46.3 Å². The topological polar surface area (TPSA) is 52.8 Å². The molecule has 30 heavy (non-hydrogen) atoms. The highest BCUT2D eigenvalue weighted by atomic mass is 35.5. The summed E-state index contributed by atoms with van der Waals surface area (Å²) in [5.41, 5.74) is 1.93. The van der Waals surface area contributed by atoms with E-state index in [4.69, 9.17) is 32.9 Å². The molecule has 0 radical (unpaired) electrons. The second kappa shape index (κ2) is 9.39. The van der Waals surface area contributed by atoms with E-state index in [0.29, 0.717) is 21.5 Å². The molecule has 1 unspecified atom stereocenters. The zero-order valence-corrected chi connectivity index (χ0v) is 19.4. The normalized spacial score (nSPS) is 12.1. The molecule has 154 valence electrons. The maximum Gasteiger partial charge on any atom is 0.191 e. The average molecular weight is 477 g/mol. The number of hydrogen-bond donors (Lipinski definition) is 0. The van der Waals surface area contributed by atoms with Gasteiger partial charge in [-0.15, -0.1) is 21.5 Å². The Morgan fingerprint density at radius 3 is 2.77 bits per heavy atom. The molecule has 1 atom stereocenters. The SMILES string of the molecule is CC(Oc1cccc(Cl)c1)c1nnc(SCc2csc(-c3ccccc3Cl)n2)n1C. The van der Waals surface area contributed by atoms with E-state index in [9.17, 15) is 0 Å². The zero-order chi connectivity index (χ0) is 21.1. The van der Waals surface area contributed by atoms with Crippen LogP contribution in [-0.2, 0) is 12.8 Å². The molecule has 0 fully saturated rings. The Morgan fingerprint density at radius 2 is 1.97 bits per heavy atom. The summed E-state index contributed by atoms with van der Waals surface area (Å²) in [6, 6.07) is 15.0. The third kappa shape index (κ3) is 4.81. The lowest BCUT2D eigenvalue weighted by Gasteiger charge is -2.14. The Bertz CT molecular complexity index is 1160. The molecule has 0 N–H and O–H groups in total. The van der Waals surface area contributed by atoms with Gasteiger partial charge in [-0.1, -0.05) is 59.2 Å². The lowest BCUT2D eigenvalue weighted by Crippen LogP contribution is -2.10. The van der Waals surface area contributed by atoms with Gasteiger partial charge in [-0.2, -0.15) is 0 Å². The predicted octanol–water partition coefficient (Wildman–Crippen LogP) is 6.68. The molecule has 4 aromatic rings. The van der Waals surface area contributed by atoms with Crippen molar-refractivity contribution in [3.63, 3.8) is 0 Å². The van der Waals surface area contributed by atoms with Gasteiger partial charge in [0, 0.05) is 28.8 Å². The summed E-state index contributed by atoms with van der Waals surface area (Å²) in [7, 11) is 1.94. The lowest BCUT2D eigenvalue weighted by molar-refractivity contribution is 0.211. The molecule has 2 heterocycles. The number of halogens is 2. The van der Waals surface area contributed by atoms with Crippen LogP contribution < -0.4 is 4.74 Å². The number of nitrogens with zero attached hydrogens (tertiary/aromatic N) is 4. The largest absolute Gasteiger partial charge is 0.483 e. The maximum absolute atomic E-state index is 6.28. The van der Waals surface area contributed by atoms with E-state index < -0.39 is 0 Å². The van der Waals surface area contributed by atoms with E-state index >= 15 is 0 Å². The van der Waals surface area contributed by atoms with Gasteiger partial charge >= 0.3 is 0 Å². The third-order valence-corrected chi connectivity index (χ3v) is 6.89. The van der Waals surface area contributed by atoms with Crippen molar-refractivity contribution in [2.75, 3.05) is 0 Å². The van der Waals surface area contributed by atoms with Crippen LogP contribution in [0.25, 0.3) is 10.6 Å². The van der Waals surface area contributed by atoms with E-state index in [1.54, 1.807) is 29.2 Å². The molecular formula is C21H18Cl2N4OS2. The van der Waals surface area contributed by atoms with Crippen LogP contribution in [-0.4, -0.2) is 19.7 Å². The second-order valence-corrected chi connectivity index (χ2v) is 9.17. The van der Waals surface area contributed by atoms with Gasteiger partial charge in [0.15, 0.2) is 17.1 Å². The molecule has 0 aliphatic carbocycles. The first-order chi connectivity index (χ1) is 14.5. The molecular weight excluding hydrogens is 459 g/mol. The lowest BCUT2D eigenvalue weighted by atomic mass is 10.2. The molecule has 2 aromatic carbocycles. The van der Waals surface area contributed by atoms with Crippen LogP contribution in [0.2, 0.25) is 10.0 Å². The Morgan fingerprint density at radius 1 is 1.13 bits per heavy atom. The van der Waals surface area contributed by atoms with Crippen molar-refractivity contribution in [2.24, 2.45) is 7.05 Å². The summed E-state index contributed by atoms with van der Waals surface area (Å²) in [5.74, 6) is 2.13. The fraction of sp³-hybridized carbons (Fsp3) is 0.190. The summed E-state index contributed by atoms with van der Waals surface area (Å²) in [6.45, 7) is 1.94. The molecule has 0 aliphatic heterocycles. The molecule has 0 saturated heterocycles. The molecule has 2 aromatic heterocycles. The van der Waals surface area contributed by atoms with Crippen LogP contribution in [0.1, 0.15) is 24.5 Å². The van der Waals surface area contributed by atoms with Crippen molar-refractivity contribution in [1.82, 2.24) is 19.7 Å². The monoisotopic (exact) mass is 476 g/mol. The molecule has 0 aliphatic rings. The molecule has 0 saturated carbocycles. The highest BCUT2D eigenvalue weighted by molar-refractivity contribution is 7.98.